The summed E-state index contributed by atoms with van der Waals surface area (Å²) in [5, 5.41) is 5.26. The van der Waals surface area contributed by atoms with Crippen molar-refractivity contribution in [3.8, 4) is 5.88 Å². The van der Waals surface area contributed by atoms with Crippen molar-refractivity contribution in [2.24, 2.45) is 0 Å². The van der Waals surface area contributed by atoms with Crippen LogP contribution >= 0.6 is 0 Å². The van der Waals surface area contributed by atoms with Crippen LogP contribution in [0.1, 0.15) is 17.3 Å². The van der Waals surface area contributed by atoms with E-state index in [1.807, 2.05) is 0 Å². The van der Waals surface area contributed by atoms with Crippen LogP contribution in [0.2, 0.25) is 0 Å². The first-order valence-corrected chi connectivity index (χ1v) is 7.84. The van der Waals surface area contributed by atoms with Gasteiger partial charge in [0.15, 0.2) is 0 Å². The summed E-state index contributed by atoms with van der Waals surface area (Å²) in [7, 11) is 0. The molecule has 0 bridgehead atoms. The number of nitrogens with zero attached hydrogens (tertiary/aromatic N) is 2. The van der Waals surface area contributed by atoms with E-state index in [0.29, 0.717) is 31.1 Å². The summed E-state index contributed by atoms with van der Waals surface area (Å²) < 4.78 is 19.5. The number of hydrogen-bond acceptors (Lipinski definition) is 4. The molecule has 1 fully saturated rings. The number of ether oxygens (including phenoxy) is 1. The average molecular weight is 344 g/mol. The van der Waals surface area contributed by atoms with Crippen molar-refractivity contribution in [2.45, 2.75) is 6.92 Å². The Balaban J connectivity index is 1.86. The molecule has 2 aromatic rings. The number of carbonyl (C=O) groups excluding carboxylic acids is 2. The number of halogens is 1. The Morgan fingerprint density at radius 2 is 2.28 bits per heavy atom. The quantitative estimate of drug-likeness (QED) is 0.872. The molecule has 0 radical (unpaired) electrons. The van der Waals surface area contributed by atoms with Gasteiger partial charge in [0.05, 0.1) is 12.2 Å². The molecule has 1 aliphatic rings. The molecule has 3 rings (SSSR count). The smallest absolute Gasteiger partial charge is 0.321 e. The molecule has 25 heavy (non-hydrogen) atoms. The molecular weight excluding hydrogens is 327 g/mol. The summed E-state index contributed by atoms with van der Waals surface area (Å²) in [5.41, 5.74) is 0.638. The second-order valence-corrected chi connectivity index (χ2v) is 5.29. The number of nitrogens with one attached hydrogen (secondary N) is 2. The molecular formula is C17H17FN4O3. The van der Waals surface area contributed by atoms with Crippen LogP contribution in [-0.2, 0) is 0 Å². The predicted octanol–water partition coefficient (Wildman–Crippen LogP) is 2.40. The van der Waals surface area contributed by atoms with E-state index in [1.165, 1.54) is 29.3 Å². The molecule has 0 atom stereocenters. The van der Waals surface area contributed by atoms with E-state index >= 15 is 0 Å². The molecule has 1 aromatic carbocycles. The fourth-order valence-corrected chi connectivity index (χ4v) is 2.50. The van der Waals surface area contributed by atoms with Gasteiger partial charge in [0.25, 0.3) is 5.91 Å². The molecule has 2 N–H and O–H groups in total. The van der Waals surface area contributed by atoms with Crippen LogP contribution in [0.5, 0.6) is 5.88 Å². The predicted molar refractivity (Wildman–Crippen MR) is 90.5 cm³/mol. The molecule has 0 aliphatic carbocycles. The Bertz CT molecular complexity index is 812. The number of amides is 3. The Morgan fingerprint density at radius 3 is 3.00 bits per heavy atom. The van der Waals surface area contributed by atoms with Crippen molar-refractivity contribution in [2.75, 3.05) is 29.9 Å². The Labute approximate surface area is 143 Å². The lowest BCUT2D eigenvalue weighted by molar-refractivity contribution is 0.102. The number of rotatable bonds is 5. The fraction of sp³-hybridized carbons (Fsp3) is 0.235. The number of carbonyl (C=O) groups is 2. The van der Waals surface area contributed by atoms with Crippen LogP contribution in [0.15, 0.2) is 36.5 Å². The van der Waals surface area contributed by atoms with Gasteiger partial charge >= 0.3 is 6.03 Å². The van der Waals surface area contributed by atoms with E-state index in [0.717, 1.165) is 0 Å². The van der Waals surface area contributed by atoms with Crippen molar-refractivity contribution in [1.29, 1.82) is 0 Å². The third kappa shape index (κ3) is 3.52. The summed E-state index contributed by atoms with van der Waals surface area (Å²) >= 11 is 0. The lowest BCUT2D eigenvalue weighted by Crippen LogP contribution is -2.28. The van der Waals surface area contributed by atoms with Crippen LogP contribution in [0.4, 0.5) is 20.6 Å². The topological polar surface area (TPSA) is 83.6 Å². The average Bonchev–Trinajstić information content (AvgIpc) is 3.03. The Kier molecular flexibility index (Phi) is 4.78. The van der Waals surface area contributed by atoms with Crippen LogP contribution in [0.25, 0.3) is 0 Å². The molecule has 1 saturated heterocycles. The summed E-state index contributed by atoms with van der Waals surface area (Å²) in [5.74, 6) is -1.07. The van der Waals surface area contributed by atoms with Gasteiger partial charge in [0.1, 0.15) is 11.5 Å². The van der Waals surface area contributed by atoms with Gasteiger partial charge in [0, 0.05) is 25.0 Å². The molecule has 8 heteroatoms. The largest absolute Gasteiger partial charge is 0.476 e. The first-order chi connectivity index (χ1) is 12.1. The maximum atomic E-state index is 14.1. The number of urea groups is 1. The fourth-order valence-electron chi connectivity index (χ4n) is 2.50. The van der Waals surface area contributed by atoms with E-state index in [2.05, 4.69) is 15.6 Å². The van der Waals surface area contributed by atoms with Crippen molar-refractivity contribution >= 4 is 23.3 Å². The van der Waals surface area contributed by atoms with Crippen molar-refractivity contribution in [1.82, 2.24) is 10.3 Å². The van der Waals surface area contributed by atoms with Gasteiger partial charge in [-0.15, -0.1) is 0 Å². The monoisotopic (exact) mass is 344 g/mol. The molecule has 3 amide bonds. The number of anilines is 2. The van der Waals surface area contributed by atoms with Gasteiger partial charge in [0.2, 0.25) is 5.88 Å². The highest BCUT2D eigenvalue weighted by atomic mass is 19.1. The van der Waals surface area contributed by atoms with Crippen molar-refractivity contribution < 1.29 is 18.7 Å². The van der Waals surface area contributed by atoms with Gasteiger partial charge in [-0.1, -0.05) is 0 Å². The molecule has 0 unspecified atom stereocenters. The maximum Gasteiger partial charge on any atom is 0.321 e. The van der Waals surface area contributed by atoms with Crippen LogP contribution in [0, 0.1) is 5.82 Å². The SMILES string of the molecule is CCOc1ncccc1NC(=O)c1cc(N2CCNC2=O)ccc1F. The maximum absolute atomic E-state index is 14.1. The minimum Gasteiger partial charge on any atom is -0.476 e. The normalized spacial score (nSPS) is 13.5. The van der Waals surface area contributed by atoms with Gasteiger partial charge in [-0.3, -0.25) is 9.69 Å². The van der Waals surface area contributed by atoms with Crippen LogP contribution in [0.3, 0.4) is 0 Å². The summed E-state index contributed by atoms with van der Waals surface area (Å²) in [4.78, 5) is 29.7. The number of hydrogen-bond donors (Lipinski definition) is 2. The zero-order valence-electron chi connectivity index (χ0n) is 13.6. The molecule has 1 aliphatic heterocycles. The summed E-state index contributed by atoms with van der Waals surface area (Å²) in [6.07, 6.45) is 1.54. The highest BCUT2D eigenvalue weighted by Gasteiger charge is 2.23. The minimum absolute atomic E-state index is 0.163. The minimum atomic E-state index is -0.678. The standard InChI is InChI=1S/C17H17FN4O3/c1-2-25-16-14(4-3-7-19-16)21-15(23)12-10-11(5-6-13(12)18)22-9-8-20-17(22)24/h3-7,10H,2,8-9H2,1H3,(H,20,24)(H,21,23). The number of benzene rings is 1. The van der Waals surface area contributed by atoms with E-state index in [4.69, 9.17) is 4.74 Å². The molecule has 1 aromatic heterocycles. The van der Waals surface area contributed by atoms with E-state index in [-0.39, 0.29) is 17.5 Å². The van der Waals surface area contributed by atoms with E-state index < -0.39 is 11.7 Å². The lowest BCUT2D eigenvalue weighted by Gasteiger charge is -2.16. The number of pyridine rings is 1. The molecule has 7 nitrogen and oxygen atoms in total. The highest BCUT2D eigenvalue weighted by Crippen LogP contribution is 2.24. The van der Waals surface area contributed by atoms with E-state index in [9.17, 15) is 14.0 Å². The molecule has 0 spiro atoms. The van der Waals surface area contributed by atoms with Crippen LogP contribution < -0.4 is 20.3 Å². The second kappa shape index (κ2) is 7.16. The number of aromatic nitrogens is 1. The van der Waals surface area contributed by atoms with Gasteiger partial charge < -0.3 is 15.4 Å². The zero-order valence-corrected chi connectivity index (χ0v) is 13.6. The Hall–Kier alpha value is -3.16. The lowest BCUT2D eigenvalue weighted by atomic mass is 10.1. The van der Waals surface area contributed by atoms with Gasteiger partial charge in [-0.25, -0.2) is 14.2 Å². The first kappa shape index (κ1) is 16.7. The first-order valence-electron chi connectivity index (χ1n) is 7.84. The van der Waals surface area contributed by atoms with E-state index in [1.54, 1.807) is 19.1 Å². The highest BCUT2D eigenvalue weighted by molar-refractivity contribution is 6.06. The zero-order chi connectivity index (χ0) is 17.8. The van der Waals surface area contributed by atoms with Gasteiger partial charge in [-0.05, 0) is 37.3 Å². The Morgan fingerprint density at radius 1 is 1.44 bits per heavy atom. The van der Waals surface area contributed by atoms with Crippen LogP contribution in [-0.4, -0.2) is 36.6 Å². The second-order valence-electron chi connectivity index (χ2n) is 5.29. The molecule has 130 valence electrons. The molecule has 0 saturated carbocycles. The summed E-state index contributed by atoms with van der Waals surface area (Å²) in [6.45, 7) is 3.14. The third-order valence-electron chi connectivity index (χ3n) is 3.66. The van der Waals surface area contributed by atoms with Crippen molar-refractivity contribution in [3.05, 3.63) is 47.9 Å². The molecule has 2 heterocycles. The van der Waals surface area contributed by atoms with Crippen molar-refractivity contribution in [3.63, 3.8) is 0 Å². The summed E-state index contributed by atoms with van der Waals surface area (Å²) in [6, 6.07) is 6.97. The third-order valence-corrected chi connectivity index (χ3v) is 3.66. The van der Waals surface area contributed by atoms with Gasteiger partial charge in [-0.2, -0.15) is 0 Å².